The van der Waals surface area contributed by atoms with Crippen LogP contribution in [0.5, 0.6) is 0 Å². The van der Waals surface area contributed by atoms with Crippen molar-refractivity contribution in [3.8, 4) is 0 Å². The Morgan fingerprint density at radius 1 is 1.53 bits per heavy atom. The molecule has 1 unspecified atom stereocenters. The van der Waals surface area contributed by atoms with Crippen LogP contribution in [-0.4, -0.2) is 25.8 Å². The second-order valence-electron chi connectivity index (χ2n) is 4.35. The van der Waals surface area contributed by atoms with Crippen molar-refractivity contribution in [2.45, 2.75) is 30.5 Å². The first kappa shape index (κ1) is 13.0. The number of hydrogen-bond acceptors (Lipinski definition) is 4. The highest BCUT2D eigenvalue weighted by molar-refractivity contribution is 7.91. The first-order valence-corrected chi connectivity index (χ1v) is 8.12. The smallest absolute Gasteiger partial charge is 0.252 e. The zero-order valence-electron chi connectivity index (χ0n) is 9.93. The third-order valence-corrected chi connectivity index (χ3v) is 6.70. The Balaban J connectivity index is 2.19. The van der Waals surface area contributed by atoms with Crippen molar-refractivity contribution in [2.75, 3.05) is 13.1 Å². The molecular formula is C11H18N2O2S2. The van der Waals surface area contributed by atoms with Gasteiger partial charge in [0.05, 0.1) is 0 Å². The molecular weight excluding hydrogens is 256 g/mol. The van der Waals surface area contributed by atoms with Crippen LogP contribution in [-0.2, 0) is 16.6 Å². The third-order valence-electron chi connectivity index (χ3n) is 3.26. The van der Waals surface area contributed by atoms with Gasteiger partial charge in [0.25, 0.3) is 10.0 Å². The molecule has 17 heavy (non-hydrogen) atoms. The molecule has 2 heterocycles. The van der Waals surface area contributed by atoms with E-state index in [-0.39, 0.29) is 0 Å². The lowest BCUT2D eigenvalue weighted by Gasteiger charge is -2.14. The van der Waals surface area contributed by atoms with Crippen LogP contribution in [0.4, 0.5) is 0 Å². The monoisotopic (exact) mass is 274 g/mol. The number of thiophene rings is 1. The molecule has 1 aromatic rings. The molecule has 96 valence electrons. The van der Waals surface area contributed by atoms with E-state index in [1.54, 1.807) is 16.4 Å². The minimum absolute atomic E-state index is 0.401. The van der Waals surface area contributed by atoms with Crippen molar-refractivity contribution in [1.29, 1.82) is 0 Å². The summed E-state index contributed by atoms with van der Waals surface area (Å²) in [5.74, 6) is 0.513. The molecule has 4 nitrogen and oxygen atoms in total. The van der Waals surface area contributed by atoms with E-state index in [0.717, 1.165) is 17.7 Å². The summed E-state index contributed by atoms with van der Waals surface area (Å²) in [5.41, 5.74) is 5.51. The van der Waals surface area contributed by atoms with Crippen LogP contribution < -0.4 is 5.73 Å². The molecule has 2 N–H and O–H groups in total. The minimum atomic E-state index is -3.27. The fourth-order valence-corrected chi connectivity index (χ4v) is 5.00. The third kappa shape index (κ3) is 2.54. The SMILES string of the molecule is CCC1CCN(S(=O)(=O)c2ccc(CN)s2)C1. The molecule has 0 saturated carbocycles. The van der Waals surface area contributed by atoms with Crippen molar-refractivity contribution >= 4 is 21.4 Å². The maximum absolute atomic E-state index is 12.3. The second-order valence-corrected chi connectivity index (χ2v) is 7.68. The van der Waals surface area contributed by atoms with Gasteiger partial charge in [0.15, 0.2) is 0 Å². The predicted molar refractivity (Wildman–Crippen MR) is 69.4 cm³/mol. The van der Waals surface area contributed by atoms with Crippen molar-refractivity contribution < 1.29 is 8.42 Å². The summed E-state index contributed by atoms with van der Waals surface area (Å²) in [5, 5.41) is 0. The lowest BCUT2D eigenvalue weighted by atomic mass is 10.1. The molecule has 1 aliphatic heterocycles. The first-order chi connectivity index (χ1) is 8.07. The lowest BCUT2D eigenvalue weighted by Crippen LogP contribution is -2.28. The van der Waals surface area contributed by atoms with E-state index in [0.29, 0.717) is 29.8 Å². The van der Waals surface area contributed by atoms with Gasteiger partial charge in [-0.15, -0.1) is 11.3 Å². The molecule has 0 spiro atoms. The number of nitrogens with zero attached hydrogens (tertiary/aromatic N) is 1. The number of sulfonamides is 1. The average molecular weight is 274 g/mol. The van der Waals surface area contributed by atoms with E-state index in [4.69, 9.17) is 5.73 Å². The lowest BCUT2D eigenvalue weighted by molar-refractivity contribution is 0.454. The van der Waals surface area contributed by atoms with E-state index in [1.807, 2.05) is 0 Å². The summed E-state index contributed by atoms with van der Waals surface area (Å²) >= 11 is 1.28. The quantitative estimate of drug-likeness (QED) is 0.907. The summed E-state index contributed by atoms with van der Waals surface area (Å²) in [4.78, 5) is 0.912. The van der Waals surface area contributed by atoms with Gasteiger partial charge in [0.2, 0.25) is 0 Å². The van der Waals surface area contributed by atoms with Gasteiger partial charge in [-0.3, -0.25) is 0 Å². The van der Waals surface area contributed by atoms with Crippen LogP contribution in [0.3, 0.4) is 0 Å². The molecule has 1 atom stereocenters. The van der Waals surface area contributed by atoms with E-state index in [1.165, 1.54) is 11.3 Å². The number of nitrogens with two attached hydrogens (primary N) is 1. The average Bonchev–Trinajstić information content (AvgIpc) is 2.98. The molecule has 0 amide bonds. The van der Waals surface area contributed by atoms with Crippen molar-refractivity contribution in [3.63, 3.8) is 0 Å². The zero-order chi connectivity index (χ0) is 12.5. The summed E-state index contributed by atoms with van der Waals surface area (Å²) in [6.45, 7) is 3.82. The fourth-order valence-electron chi connectivity index (χ4n) is 2.08. The molecule has 2 rings (SSSR count). The van der Waals surface area contributed by atoms with Gasteiger partial charge >= 0.3 is 0 Å². The highest BCUT2D eigenvalue weighted by atomic mass is 32.2. The molecule has 6 heteroatoms. The summed E-state index contributed by atoms with van der Waals surface area (Å²) in [6.07, 6.45) is 2.02. The summed E-state index contributed by atoms with van der Waals surface area (Å²) < 4.78 is 26.7. The van der Waals surface area contributed by atoms with Gasteiger partial charge in [0, 0.05) is 24.5 Å². The Hall–Kier alpha value is -0.430. The van der Waals surface area contributed by atoms with Gasteiger partial charge in [-0.05, 0) is 24.5 Å². The van der Waals surface area contributed by atoms with Crippen molar-refractivity contribution in [1.82, 2.24) is 4.31 Å². The second kappa shape index (κ2) is 5.06. The molecule has 1 aromatic heterocycles. The molecule has 1 fully saturated rings. The van der Waals surface area contributed by atoms with E-state index >= 15 is 0 Å². The van der Waals surface area contributed by atoms with Crippen LogP contribution in [0.2, 0.25) is 0 Å². The Kier molecular flexibility index (Phi) is 3.87. The van der Waals surface area contributed by atoms with Gasteiger partial charge in [-0.25, -0.2) is 8.42 Å². The van der Waals surface area contributed by atoms with Gasteiger partial charge in [-0.2, -0.15) is 4.31 Å². The molecule has 0 aliphatic carbocycles. The molecule has 1 saturated heterocycles. The Morgan fingerprint density at radius 2 is 2.29 bits per heavy atom. The van der Waals surface area contributed by atoms with E-state index < -0.39 is 10.0 Å². The van der Waals surface area contributed by atoms with E-state index in [2.05, 4.69) is 6.92 Å². The van der Waals surface area contributed by atoms with E-state index in [9.17, 15) is 8.42 Å². The number of rotatable bonds is 4. The zero-order valence-corrected chi connectivity index (χ0v) is 11.6. The standard InChI is InChI=1S/C11H18N2O2S2/c1-2-9-5-6-13(8-9)17(14,15)11-4-3-10(7-12)16-11/h3-4,9H,2,5-8,12H2,1H3. The maximum Gasteiger partial charge on any atom is 0.252 e. The molecule has 0 bridgehead atoms. The van der Waals surface area contributed by atoms with Gasteiger partial charge in [0.1, 0.15) is 4.21 Å². The molecule has 0 radical (unpaired) electrons. The fraction of sp³-hybridized carbons (Fsp3) is 0.636. The van der Waals surface area contributed by atoms with Gasteiger partial charge < -0.3 is 5.73 Å². The molecule has 0 aromatic carbocycles. The largest absolute Gasteiger partial charge is 0.326 e. The summed E-state index contributed by atoms with van der Waals surface area (Å²) in [6, 6.07) is 3.46. The topological polar surface area (TPSA) is 63.4 Å². The Bertz CT molecular complexity index is 481. The van der Waals surface area contributed by atoms with Crippen molar-refractivity contribution in [2.24, 2.45) is 11.7 Å². The Labute approximate surface area is 106 Å². The first-order valence-electron chi connectivity index (χ1n) is 5.87. The van der Waals surface area contributed by atoms with Crippen LogP contribution >= 0.6 is 11.3 Å². The van der Waals surface area contributed by atoms with Crippen molar-refractivity contribution in [3.05, 3.63) is 17.0 Å². The molecule has 1 aliphatic rings. The normalized spacial score (nSPS) is 22.1. The maximum atomic E-state index is 12.3. The van der Waals surface area contributed by atoms with Crippen LogP contribution in [0.25, 0.3) is 0 Å². The van der Waals surface area contributed by atoms with Crippen LogP contribution in [0.1, 0.15) is 24.6 Å². The van der Waals surface area contributed by atoms with Gasteiger partial charge in [-0.1, -0.05) is 13.3 Å². The highest BCUT2D eigenvalue weighted by Crippen LogP contribution is 2.29. The van der Waals surface area contributed by atoms with Crippen LogP contribution in [0.15, 0.2) is 16.3 Å². The minimum Gasteiger partial charge on any atom is -0.326 e. The van der Waals surface area contributed by atoms with Crippen LogP contribution in [0, 0.1) is 5.92 Å². The summed E-state index contributed by atoms with van der Waals surface area (Å²) in [7, 11) is -3.27. The highest BCUT2D eigenvalue weighted by Gasteiger charge is 2.32. The number of hydrogen-bond donors (Lipinski definition) is 1. The predicted octanol–water partition coefficient (Wildman–Crippen LogP) is 1.63. The Morgan fingerprint density at radius 3 is 2.82 bits per heavy atom.